The Bertz CT molecular complexity index is 120. The molecule has 0 saturated carbocycles. The monoisotopic (exact) mass is 243 g/mol. The summed E-state index contributed by atoms with van der Waals surface area (Å²) in [5, 5.41) is 0. The van der Waals surface area contributed by atoms with E-state index < -0.39 is 15.0 Å². The first-order valence-electron chi connectivity index (χ1n) is 2.01. The molecule has 0 bridgehead atoms. The largest absolute Gasteiger partial charge is 2.00 e. The normalized spacial score (nSPS) is 7.67. The average molecular weight is 243 g/mol. The summed E-state index contributed by atoms with van der Waals surface area (Å²) in [4.78, 5) is 43.8. The molecule has 1 amide bonds. The average Bonchev–Trinajstić information content (AvgIpc) is 1.61. The molecule has 0 aromatic heterocycles. The Morgan fingerprint density at radius 1 is 1.25 bits per heavy atom. The van der Waals surface area contributed by atoms with Crippen molar-refractivity contribution in [3.05, 3.63) is 12.7 Å². The van der Waals surface area contributed by atoms with Crippen molar-refractivity contribution in [3.63, 3.8) is 0 Å². The van der Waals surface area contributed by atoms with Gasteiger partial charge < -0.3 is 34.0 Å². The van der Waals surface area contributed by atoms with E-state index in [0.717, 1.165) is 6.08 Å². The molecule has 0 fully saturated rings. The van der Waals surface area contributed by atoms with Crippen molar-refractivity contribution in [3.8, 4) is 0 Å². The topological polar surface area (TPSA) is 135 Å². The molecule has 60 valence electrons. The standard InChI is InChI=1S/C3H5NO.2Ca.O4Si/c1-2-3(4)5;;;1-5(2,3)4/h2H,1H2,(H2,4,5);;;/q;2*+2;-4. The predicted octanol–water partition coefficient (Wildman–Crippen LogP) is -6.24. The van der Waals surface area contributed by atoms with Crippen LogP contribution < -0.4 is 24.9 Å². The molecule has 0 saturated heterocycles. The summed E-state index contributed by atoms with van der Waals surface area (Å²) < 4.78 is 0. The van der Waals surface area contributed by atoms with E-state index >= 15 is 0 Å². The number of carbonyl (C=O) groups is 1. The van der Waals surface area contributed by atoms with Gasteiger partial charge in [-0.3, -0.25) is 4.79 Å². The molecule has 12 heavy (non-hydrogen) atoms. The molecular weight excluding hydrogens is 238 g/mol. The Morgan fingerprint density at radius 2 is 1.33 bits per heavy atom. The molecule has 0 aromatic rings. The van der Waals surface area contributed by atoms with Crippen LogP contribution in [0.2, 0.25) is 0 Å². The number of hydrogen-bond acceptors (Lipinski definition) is 5. The van der Waals surface area contributed by atoms with Crippen molar-refractivity contribution in [2.45, 2.75) is 0 Å². The Labute approximate surface area is 131 Å². The van der Waals surface area contributed by atoms with Crippen LogP contribution in [0.4, 0.5) is 0 Å². The third-order valence-electron chi connectivity index (χ3n) is 0.201. The Morgan fingerprint density at radius 3 is 1.33 bits per heavy atom. The van der Waals surface area contributed by atoms with E-state index in [9.17, 15) is 4.79 Å². The van der Waals surface area contributed by atoms with E-state index in [1.165, 1.54) is 0 Å². The molecule has 2 N–H and O–H groups in total. The van der Waals surface area contributed by atoms with Gasteiger partial charge in [-0.05, 0) is 6.08 Å². The van der Waals surface area contributed by atoms with Crippen LogP contribution >= 0.6 is 0 Å². The molecule has 9 heteroatoms. The first kappa shape index (κ1) is 23.5. The molecular formula is C3H5Ca2NO5Si. The fraction of sp³-hybridized carbons (Fsp3) is 0. The zero-order chi connectivity index (χ0) is 8.78. The molecule has 0 unspecified atom stereocenters. The summed E-state index contributed by atoms with van der Waals surface area (Å²) in [6.07, 6.45) is 1.06. The van der Waals surface area contributed by atoms with E-state index in [2.05, 4.69) is 12.3 Å². The maximum absolute atomic E-state index is 9.47. The van der Waals surface area contributed by atoms with Gasteiger partial charge in [-0.15, -0.1) is 0 Å². The molecule has 0 heterocycles. The van der Waals surface area contributed by atoms with E-state index in [0.29, 0.717) is 0 Å². The van der Waals surface area contributed by atoms with E-state index in [-0.39, 0.29) is 75.5 Å². The SMILES string of the molecule is C=CC(N)=O.[Ca+2].[Ca+2].[O-][Si]([O-])([O-])[O-]. The van der Waals surface area contributed by atoms with Gasteiger partial charge in [0, 0.05) is 0 Å². The van der Waals surface area contributed by atoms with Crippen LogP contribution in [0.3, 0.4) is 0 Å². The summed E-state index contributed by atoms with van der Waals surface area (Å²) in [7, 11) is -5.61. The molecule has 0 spiro atoms. The molecule has 0 radical (unpaired) electrons. The van der Waals surface area contributed by atoms with E-state index in [4.69, 9.17) is 19.2 Å². The van der Waals surface area contributed by atoms with Crippen LogP contribution in [0, 0.1) is 0 Å². The number of amides is 1. The Balaban J connectivity index is -0.0000000457. The smallest absolute Gasteiger partial charge is 0.894 e. The van der Waals surface area contributed by atoms with Crippen molar-refractivity contribution < 1.29 is 24.0 Å². The second-order valence-corrected chi connectivity index (χ2v) is 2.11. The van der Waals surface area contributed by atoms with Gasteiger partial charge in [0.1, 0.15) is 0 Å². The summed E-state index contributed by atoms with van der Waals surface area (Å²) in [6, 6.07) is 0. The second-order valence-electron chi connectivity index (χ2n) is 1.11. The summed E-state index contributed by atoms with van der Waals surface area (Å²) in [5.41, 5.74) is 4.53. The van der Waals surface area contributed by atoms with Gasteiger partial charge in [-0.1, -0.05) is 6.58 Å². The maximum Gasteiger partial charge on any atom is 2.00 e. The molecule has 0 aliphatic rings. The van der Waals surface area contributed by atoms with Crippen molar-refractivity contribution >= 4 is 90.4 Å². The summed E-state index contributed by atoms with van der Waals surface area (Å²) in [6.45, 7) is 3.09. The maximum atomic E-state index is 9.47. The zero-order valence-corrected chi connectivity index (χ0v) is 11.7. The number of rotatable bonds is 1. The Kier molecular flexibility index (Phi) is 25.1. The second kappa shape index (κ2) is 12.8. The number of primary amides is 1. The van der Waals surface area contributed by atoms with Gasteiger partial charge in [-0.25, -0.2) is 0 Å². The van der Waals surface area contributed by atoms with Gasteiger partial charge in [0.2, 0.25) is 5.91 Å². The van der Waals surface area contributed by atoms with Crippen molar-refractivity contribution in [1.82, 2.24) is 0 Å². The number of nitrogens with two attached hydrogens (primary N) is 1. The van der Waals surface area contributed by atoms with Crippen LogP contribution in [0.15, 0.2) is 12.7 Å². The molecule has 0 aromatic carbocycles. The molecule has 0 rings (SSSR count). The van der Waals surface area contributed by atoms with Crippen LogP contribution in [-0.2, 0) is 4.79 Å². The van der Waals surface area contributed by atoms with Gasteiger partial charge in [0.15, 0.2) is 0 Å². The van der Waals surface area contributed by atoms with Crippen molar-refractivity contribution in [2.24, 2.45) is 5.73 Å². The van der Waals surface area contributed by atoms with Gasteiger partial charge in [0.25, 0.3) is 0 Å². The number of hydrogen-bond donors (Lipinski definition) is 1. The van der Waals surface area contributed by atoms with Crippen LogP contribution in [-0.4, -0.2) is 90.4 Å². The first-order valence-corrected chi connectivity index (χ1v) is 3.64. The first-order chi connectivity index (χ1) is 4.27. The minimum absolute atomic E-state index is 0. The third kappa shape index (κ3) is 95.7. The Hall–Kier alpha value is 1.79. The fourth-order valence-electron chi connectivity index (χ4n) is 0. The van der Waals surface area contributed by atoms with Crippen molar-refractivity contribution in [2.75, 3.05) is 0 Å². The van der Waals surface area contributed by atoms with Crippen molar-refractivity contribution in [1.29, 1.82) is 0 Å². The predicted molar refractivity (Wildman–Crippen MR) is 36.7 cm³/mol. The van der Waals surface area contributed by atoms with Gasteiger partial charge in [-0.2, -0.15) is 0 Å². The van der Waals surface area contributed by atoms with Crippen LogP contribution in [0.25, 0.3) is 0 Å². The summed E-state index contributed by atoms with van der Waals surface area (Å²) >= 11 is 0. The summed E-state index contributed by atoms with van der Waals surface area (Å²) in [5.74, 6) is -0.481. The minimum atomic E-state index is -5.61. The molecule has 0 atom stereocenters. The molecule has 0 aliphatic carbocycles. The fourth-order valence-corrected chi connectivity index (χ4v) is 0. The van der Waals surface area contributed by atoms with Crippen LogP contribution in [0.1, 0.15) is 0 Å². The zero-order valence-electron chi connectivity index (χ0n) is 6.32. The van der Waals surface area contributed by atoms with Gasteiger partial charge in [0.05, 0.1) is 0 Å². The van der Waals surface area contributed by atoms with E-state index in [1.54, 1.807) is 0 Å². The third-order valence-corrected chi connectivity index (χ3v) is 0.201. The van der Waals surface area contributed by atoms with Crippen LogP contribution in [0.5, 0.6) is 0 Å². The minimum Gasteiger partial charge on any atom is -0.894 e. The van der Waals surface area contributed by atoms with Gasteiger partial charge >= 0.3 is 75.5 Å². The molecule has 0 aliphatic heterocycles. The van der Waals surface area contributed by atoms with E-state index in [1.807, 2.05) is 0 Å². The quantitative estimate of drug-likeness (QED) is 0.361. The molecule has 6 nitrogen and oxygen atoms in total. The number of carbonyl (C=O) groups excluding carboxylic acids is 1.